The third-order valence-electron chi connectivity index (χ3n) is 9.26. The van der Waals surface area contributed by atoms with E-state index < -0.39 is 0 Å². The fraction of sp³-hybridized carbons (Fsp3) is 0.200. The Hall–Kier alpha value is -5.08. The van der Waals surface area contributed by atoms with Gasteiger partial charge >= 0.3 is 0 Å². The maximum Gasteiger partial charge on any atom is 0.0433 e. The van der Waals surface area contributed by atoms with E-state index >= 15 is 0 Å². The van der Waals surface area contributed by atoms with Crippen molar-refractivity contribution in [3.8, 4) is 0 Å². The van der Waals surface area contributed by atoms with E-state index in [-0.39, 0.29) is 0 Å². The molecule has 0 radical (unpaired) electrons. The zero-order chi connectivity index (χ0) is 32.4. The van der Waals surface area contributed by atoms with Gasteiger partial charge in [-0.15, -0.1) is 0 Å². The Balaban J connectivity index is 1.27. The molecule has 0 unspecified atom stereocenters. The lowest BCUT2D eigenvalue weighted by Crippen LogP contribution is -2.22. The molecule has 0 bridgehead atoms. The molecule has 2 heteroatoms. The van der Waals surface area contributed by atoms with Gasteiger partial charge in [0.2, 0.25) is 0 Å². The Morgan fingerprint density at radius 2 is 0.702 bits per heavy atom. The summed E-state index contributed by atoms with van der Waals surface area (Å²) < 4.78 is 0. The molecule has 6 aromatic rings. The molecule has 0 heterocycles. The molecule has 0 saturated heterocycles. The summed E-state index contributed by atoms with van der Waals surface area (Å²) in [6.45, 7) is 10.4. The van der Waals surface area contributed by atoms with Crippen molar-refractivity contribution in [3.63, 3.8) is 0 Å². The monoisotopic (exact) mass is 614 g/mol. The highest BCUT2D eigenvalue weighted by Gasteiger charge is 2.20. The Kier molecular flexibility index (Phi) is 10.5. The summed E-state index contributed by atoms with van der Waals surface area (Å²) in [5, 5.41) is 0. The van der Waals surface area contributed by atoms with Gasteiger partial charge in [0.25, 0.3) is 0 Å². The summed E-state index contributed by atoms with van der Waals surface area (Å²) in [4.78, 5) is 4.99. The van der Waals surface area contributed by atoms with Crippen LogP contribution in [0.2, 0.25) is 0 Å². The lowest BCUT2D eigenvalue weighted by Gasteiger charge is -2.29. The van der Waals surface area contributed by atoms with Crippen molar-refractivity contribution in [1.82, 2.24) is 0 Å². The SMILES string of the molecule is CCC(c1ccc(N(Cc2ccccc2)Cc2ccccc2)cc1C)c1ccc(N(Cc2ccccc2)Cc2ccccc2)cc1C. The van der Waals surface area contributed by atoms with Gasteiger partial charge in [0.15, 0.2) is 0 Å². The lowest BCUT2D eigenvalue weighted by molar-refractivity contribution is 0.758. The molecule has 0 aliphatic carbocycles. The number of hydrogen-bond donors (Lipinski definition) is 0. The van der Waals surface area contributed by atoms with Gasteiger partial charge < -0.3 is 9.80 Å². The summed E-state index contributed by atoms with van der Waals surface area (Å²) >= 11 is 0. The summed E-state index contributed by atoms with van der Waals surface area (Å²) in [5.74, 6) is 0.339. The number of nitrogens with zero attached hydrogens (tertiary/aromatic N) is 2. The van der Waals surface area contributed by atoms with Gasteiger partial charge in [0.05, 0.1) is 0 Å². The molecule has 0 amide bonds. The average Bonchev–Trinajstić information content (AvgIpc) is 3.11. The number of hydrogen-bond acceptors (Lipinski definition) is 2. The molecule has 47 heavy (non-hydrogen) atoms. The predicted molar refractivity (Wildman–Crippen MR) is 200 cm³/mol. The first-order valence-corrected chi connectivity index (χ1v) is 16.9. The van der Waals surface area contributed by atoms with Crippen LogP contribution in [0.25, 0.3) is 0 Å². The normalized spacial score (nSPS) is 11.1. The summed E-state index contributed by atoms with van der Waals surface area (Å²) in [6.07, 6.45) is 1.05. The van der Waals surface area contributed by atoms with Gasteiger partial charge in [0.1, 0.15) is 0 Å². The Labute approximate surface area is 282 Å². The van der Waals surface area contributed by atoms with Crippen molar-refractivity contribution in [1.29, 1.82) is 0 Å². The number of aryl methyl sites for hydroxylation is 2. The number of anilines is 2. The van der Waals surface area contributed by atoms with Crippen LogP contribution >= 0.6 is 0 Å². The topological polar surface area (TPSA) is 6.48 Å². The zero-order valence-electron chi connectivity index (χ0n) is 28.0. The molecule has 0 aliphatic rings. The van der Waals surface area contributed by atoms with Gasteiger partial charge in [0, 0.05) is 43.5 Å². The van der Waals surface area contributed by atoms with E-state index in [1.165, 1.54) is 55.9 Å². The minimum atomic E-state index is 0.339. The van der Waals surface area contributed by atoms with E-state index in [2.05, 4.69) is 188 Å². The first kappa shape index (κ1) is 31.9. The first-order valence-electron chi connectivity index (χ1n) is 16.9. The largest absolute Gasteiger partial charge is 0.363 e. The van der Waals surface area contributed by atoms with Crippen molar-refractivity contribution in [3.05, 3.63) is 202 Å². The smallest absolute Gasteiger partial charge is 0.0433 e. The Morgan fingerprint density at radius 1 is 0.404 bits per heavy atom. The molecule has 0 fully saturated rings. The maximum absolute atomic E-state index is 2.50. The van der Waals surface area contributed by atoms with Gasteiger partial charge in [-0.2, -0.15) is 0 Å². The zero-order valence-corrected chi connectivity index (χ0v) is 28.0. The van der Waals surface area contributed by atoms with Crippen LogP contribution in [0.4, 0.5) is 11.4 Å². The van der Waals surface area contributed by atoms with Crippen LogP contribution in [-0.2, 0) is 26.2 Å². The average molecular weight is 615 g/mol. The van der Waals surface area contributed by atoms with Crippen molar-refractivity contribution in [2.24, 2.45) is 0 Å². The second-order valence-electron chi connectivity index (χ2n) is 12.7. The maximum atomic E-state index is 2.50. The van der Waals surface area contributed by atoms with Crippen molar-refractivity contribution in [2.75, 3.05) is 9.80 Å². The van der Waals surface area contributed by atoms with Gasteiger partial charge in [-0.25, -0.2) is 0 Å². The highest BCUT2D eigenvalue weighted by atomic mass is 15.1. The molecule has 2 nitrogen and oxygen atoms in total. The number of rotatable bonds is 13. The molecular weight excluding hydrogens is 569 g/mol. The van der Waals surface area contributed by atoms with Crippen LogP contribution in [0.5, 0.6) is 0 Å². The molecule has 0 spiro atoms. The van der Waals surface area contributed by atoms with E-state index in [4.69, 9.17) is 0 Å². The molecule has 0 N–H and O–H groups in total. The predicted octanol–water partition coefficient (Wildman–Crippen LogP) is 11.3. The standard InChI is InChI=1S/C45H46N2/c1-4-43(44-27-25-41(29-35(44)2)46(31-37-17-9-5-10-18-37)32-38-19-11-6-12-20-38)45-28-26-42(30-36(45)3)47(33-39-21-13-7-14-22-39)34-40-23-15-8-16-24-40/h5-30,43H,4,31-34H2,1-3H3. The van der Waals surface area contributed by atoms with Crippen LogP contribution in [0, 0.1) is 13.8 Å². The first-order chi connectivity index (χ1) is 23.1. The molecule has 0 aliphatic heterocycles. The Bertz CT molecular complexity index is 1610. The summed E-state index contributed by atoms with van der Waals surface area (Å²) in [5.41, 5.74) is 13.3. The number of benzene rings is 6. The fourth-order valence-corrected chi connectivity index (χ4v) is 6.79. The summed E-state index contributed by atoms with van der Waals surface area (Å²) in [6, 6.07) is 57.4. The van der Waals surface area contributed by atoms with Gasteiger partial charge in [-0.1, -0.05) is 140 Å². The van der Waals surface area contributed by atoms with Crippen molar-refractivity contribution >= 4 is 11.4 Å². The van der Waals surface area contributed by atoms with E-state index in [9.17, 15) is 0 Å². The van der Waals surface area contributed by atoms with E-state index in [0.29, 0.717) is 5.92 Å². The van der Waals surface area contributed by atoms with Gasteiger partial charge in [-0.05, 0) is 89.0 Å². The van der Waals surface area contributed by atoms with Crippen LogP contribution in [0.1, 0.15) is 63.8 Å². The molecule has 236 valence electrons. The lowest BCUT2D eigenvalue weighted by atomic mass is 9.84. The van der Waals surface area contributed by atoms with Crippen LogP contribution < -0.4 is 9.80 Å². The van der Waals surface area contributed by atoms with Crippen LogP contribution in [-0.4, -0.2) is 0 Å². The summed E-state index contributed by atoms with van der Waals surface area (Å²) in [7, 11) is 0. The third kappa shape index (κ3) is 8.20. The van der Waals surface area contributed by atoms with Crippen molar-refractivity contribution in [2.45, 2.75) is 59.3 Å². The third-order valence-corrected chi connectivity index (χ3v) is 9.26. The fourth-order valence-electron chi connectivity index (χ4n) is 6.79. The molecule has 6 aromatic carbocycles. The second kappa shape index (κ2) is 15.5. The molecular formula is C45H46N2. The van der Waals surface area contributed by atoms with E-state index in [1.54, 1.807) is 0 Å². The minimum absolute atomic E-state index is 0.339. The van der Waals surface area contributed by atoms with Crippen LogP contribution in [0.15, 0.2) is 158 Å². The van der Waals surface area contributed by atoms with Crippen LogP contribution in [0.3, 0.4) is 0 Å². The minimum Gasteiger partial charge on any atom is -0.363 e. The Morgan fingerprint density at radius 3 is 0.957 bits per heavy atom. The quantitative estimate of drug-likeness (QED) is 0.128. The molecule has 0 saturated carbocycles. The van der Waals surface area contributed by atoms with E-state index in [0.717, 1.165) is 32.6 Å². The molecule has 6 rings (SSSR count). The second-order valence-corrected chi connectivity index (χ2v) is 12.7. The van der Waals surface area contributed by atoms with E-state index in [1.807, 2.05) is 0 Å². The molecule has 0 aromatic heterocycles. The molecule has 0 atom stereocenters. The van der Waals surface area contributed by atoms with Crippen molar-refractivity contribution < 1.29 is 0 Å². The highest BCUT2D eigenvalue weighted by molar-refractivity contribution is 5.57. The van der Waals surface area contributed by atoms with Gasteiger partial charge in [-0.3, -0.25) is 0 Å². The highest BCUT2D eigenvalue weighted by Crippen LogP contribution is 2.36.